The number of aliphatic hydroxyl groups excluding tert-OH is 1. The zero-order valence-electron chi connectivity index (χ0n) is 39.4. The fraction of sp³-hybridized carbons (Fsp3) is 0.341. The summed E-state index contributed by atoms with van der Waals surface area (Å²) in [5.74, 6) is -3.65. The Bertz CT molecular complexity index is 2420. The Kier molecular flexibility index (Phi) is 8.43. The second-order valence-electron chi connectivity index (χ2n) is 12.5. The van der Waals surface area contributed by atoms with Crippen LogP contribution in [-0.4, -0.2) is 66.6 Å². The molecule has 1 atom stereocenters. The first-order valence-electron chi connectivity index (χ1n) is 22.1. The van der Waals surface area contributed by atoms with E-state index in [0.29, 0.717) is 22.9 Å². The van der Waals surface area contributed by atoms with Crippen LogP contribution in [0.1, 0.15) is 61.8 Å². The number of anilines is 1. The fourth-order valence-corrected chi connectivity index (χ4v) is 7.15. The molecule has 2 aliphatic heterocycles. The van der Waals surface area contributed by atoms with Gasteiger partial charge in [0, 0.05) is 61.8 Å². The van der Waals surface area contributed by atoms with Gasteiger partial charge in [0.25, 0.3) is 0 Å². The molecule has 0 aliphatic carbocycles. The van der Waals surface area contributed by atoms with Gasteiger partial charge < -0.3 is 24.5 Å². The van der Waals surface area contributed by atoms with Crippen molar-refractivity contribution in [3.63, 3.8) is 0 Å². The van der Waals surface area contributed by atoms with Gasteiger partial charge in [-0.2, -0.15) is 13.2 Å². The van der Waals surface area contributed by atoms with Crippen LogP contribution in [0.5, 0.6) is 0 Å². The Balaban J connectivity index is 1.40. The van der Waals surface area contributed by atoms with Crippen LogP contribution in [-0.2, 0) is 28.0 Å². The van der Waals surface area contributed by atoms with Crippen molar-refractivity contribution < 1.29 is 51.7 Å². The van der Waals surface area contributed by atoms with E-state index in [9.17, 15) is 29.8 Å². The number of thioether (sulfide) groups is 1. The van der Waals surface area contributed by atoms with Crippen molar-refractivity contribution >= 4 is 23.4 Å². The molecule has 0 bridgehead atoms. The van der Waals surface area contributed by atoms with Gasteiger partial charge in [0.2, 0.25) is 5.91 Å². The van der Waals surface area contributed by atoms with Crippen LogP contribution in [0.2, 0.25) is 0 Å². The first-order valence-corrected chi connectivity index (χ1v) is 17.6. The van der Waals surface area contributed by atoms with Crippen LogP contribution in [0.25, 0.3) is 11.1 Å². The Hall–Kier alpha value is -4.23. The maximum Gasteiger partial charge on any atom is 0.416 e. The minimum Gasteiger partial charge on any atom is -0.384 e. The number of piperidine rings is 1. The number of fused-ring (bicyclic) bond motifs is 1. The SMILES string of the molecule is [2H]C1=C(SCc2cccc(F)c2F)N(CC(=O)N(C2CCN(CC([2H])([2H])OC([2H])([2H])[2H])CC2)C([2H])([2H])c2ccc(-c3ccc(C(F)(F)F)cc3)cc2)c2c([2H])c([2H])c(C)c([2H])c2C1O. The molecule has 1 amide bonds. The summed E-state index contributed by atoms with van der Waals surface area (Å²) in [5, 5.41) is 11.2. The van der Waals surface area contributed by atoms with Crippen molar-refractivity contribution in [1.82, 2.24) is 9.80 Å². The van der Waals surface area contributed by atoms with E-state index in [1.807, 2.05) is 0 Å². The largest absolute Gasteiger partial charge is 0.416 e. The molecule has 2 heterocycles. The minimum atomic E-state index is -4.57. The van der Waals surface area contributed by atoms with E-state index >= 15 is 4.79 Å². The fourth-order valence-electron chi connectivity index (χ4n) is 6.12. The number of aliphatic hydroxyl groups is 1. The molecule has 53 heavy (non-hydrogen) atoms. The van der Waals surface area contributed by atoms with Gasteiger partial charge in [-0.25, -0.2) is 8.78 Å². The number of carbonyl (C=O) groups is 1. The Morgan fingerprint density at radius 1 is 1.06 bits per heavy atom. The lowest BCUT2D eigenvalue weighted by molar-refractivity contribution is -0.137. The second-order valence-corrected chi connectivity index (χ2v) is 13.4. The molecule has 0 saturated carbocycles. The number of methoxy groups -OCH3 is 1. The lowest BCUT2D eigenvalue weighted by Crippen LogP contribution is -2.50. The van der Waals surface area contributed by atoms with Gasteiger partial charge in [-0.3, -0.25) is 4.79 Å². The lowest BCUT2D eigenvalue weighted by Gasteiger charge is -2.40. The molecular formula is C41H42F5N3O3S. The average molecular weight is 763 g/mol. The first kappa shape index (κ1) is 26.5. The number of amides is 1. The maximum atomic E-state index is 15.0. The number of likely N-dealkylation sites (tertiary alicyclic amines) is 1. The molecular weight excluding hydrogens is 710 g/mol. The van der Waals surface area contributed by atoms with Crippen molar-refractivity contribution in [2.45, 2.75) is 50.3 Å². The highest BCUT2D eigenvalue weighted by molar-refractivity contribution is 8.02. The number of hydrogen-bond acceptors (Lipinski definition) is 6. The summed E-state index contributed by atoms with van der Waals surface area (Å²) in [4.78, 5) is 18.6. The first-order chi connectivity index (χ1) is 29.7. The molecule has 4 aromatic rings. The van der Waals surface area contributed by atoms with Gasteiger partial charge in [0.15, 0.2) is 11.6 Å². The standard InChI is InChI=1S/C41H42F5N3O3S/c1-27-6-15-36-34(22-27)37(50)23-39(53-26-31-4-3-5-35(42)40(31)43)49(36)25-38(51)48(33-16-18-47(19-17-33)20-21-52-2)24-28-7-9-29(10-8-28)30-11-13-32(14-12-30)41(44,45)46/h3-15,22-23,33,37,50H,16-21,24-26H2,1-2H3/i2D3,6D,15D,21D2,22D,23D,24D2. The highest BCUT2D eigenvalue weighted by Gasteiger charge is 2.33. The number of alkyl halides is 3. The van der Waals surface area contributed by atoms with Gasteiger partial charge in [0.05, 0.1) is 32.2 Å². The number of rotatable bonds is 12. The monoisotopic (exact) mass is 762 g/mol. The van der Waals surface area contributed by atoms with Crippen LogP contribution in [0, 0.1) is 18.6 Å². The van der Waals surface area contributed by atoms with Crippen molar-refractivity contribution in [3.8, 4) is 11.1 Å². The minimum absolute atomic E-state index is 0.00193. The van der Waals surface area contributed by atoms with Crippen molar-refractivity contribution in [1.29, 1.82) is 0 Å². The quantitative estimate of drug-likeness (QED) is 0.146. The van der Waals surface area contributed by atoms with E-state index in [0.717, 1.165) is 28.0 Å². The summed E-state index contributed by atoms with van der Waals surface area (Å²) in [6.07, 6.45) is -6.37. The Morgan fingerprint density at radius 2 is 1.75 bits per heavy atom. The van der Waals surface area contributed by atoms with Gasteiger partial charge >= 0.3 is 6.18 Å². The molecule has 1 unspecified atom stereocenters. The molecule has 4 aromatic carbocycles. The Morgan fingerprint density at radius 3 is 2.43 bits per heavy atom. The van der Waals surface area contributed by atoms with Gasteiger partial charge in [-0.05, 0) is 66.7 Å². The summed E-state index contributed by atoms with van der Waals surface area (Å²) in [6.45, 7) is -5.16. The molecule has 1 fully saturated rings. The van der Waals surface area contributed by atoms with E-state index in [-0.39, 0.29) is 70.7 Å². The molecule has 0 spiro atoms. The molecule has 1 N–H and O–H groups in total. The number of carbonyl (C=O) groups excluding carboxylic acids is 1. The smallest absolute Gasteiger partial charge is 0.384 e. The zero-order valence-corrected chi connectivity index (χ0v) is 29.2. The zero-order chi connectivity index (χ0) is 47.3. The summed E-state index contributed by atoms with van der Waals surface area (Å²) in [5.41, 5.74) is -0.833. The van der Waals surface area contributed by atoms with E-state index in [4.69, 9.17) is 12.3 Å². The van der Waals surface area contributed by atoms with Crippen LogP contribution < -0.4 is 4.90 Å². The van der Waals surface area contributed by atoms with E-state index in [2.05, 4.69) is 4.74 Å². The van der Waals surface area contributed by atoms with E-state index in [1.165, 1.54) is 55.5 Å². The summed E-state index contributed by atoms with van der Waals surface area (Å²) >= 11 is 0.710. The summed E-state index contributed by atoms with van der Waals surface area (Å²) in [7, 11) is -3.04. The second kappa shape index (κ2) is 16.8. The molecule has 0 radical (unpaired) electrons. The lowest BCUT2D eigenvalue weighted by atomic mass is 9.99. The van der Waals surface area contributed by atoms with Crippen LogP contribution in [0.15, 0.2) is 95.9 Å². The van der Waals surface area contributed by atoms with Crippen LogP contribution in [0.3, 0.4) is 0 Å². The molecule has 0 aromatic heterocycles. The highest BCUT2D eigenvalue weighted by atomic mass is 32.2. The van der Waals surface area contributed by atoms with Gasteiger partial charge in [-0.15, -0.1) is 11.8 Å². The third kappa shape index (κ3) is 9.29. The number of hydrogen-bond donors (Lipinski definition) is 1. The summed E-state index contributed by atoms with van der Waals surface area (Å²) in [6, 6.07) is 10.6. The van der Waals surface area contributed by atoms with Crippen LogP contribution >= 0.6 is 11.8 Å². The Labute approximate surface area is 326 Å². The molecule has 6 nitrogen and oxygen atoms in total. The molecule has 280 valence electrons. The van der Waals surface area contributed by atoms with Gasteiger partial charge in [0.1, 0.15) is 12.6 Å². The molecule has 6 rings (SSSR count). The summed E-state index contributed by atoms with van der Waals surface area (Å²) < 4.78 is 166. The number of halogens is 5. The van der Waals surface area contributed by atoms with E-state index in [1.54, 1.807) is 4.90 Å². The molecule has 12 heteroatoms. The number of ether oxygens (including phenoxy) is 1. The van der Waals surface area contributed by atoms with Crippen LogP contribution in [0.4, 0.5) is 27.6 Å². The predicted molar refractivity (Wildman–Crippen MR) is 198 cm³/mol. The van der Waals surface area contributed by atoms with Crippen molar-refractivity contribution in [3.05, 3.63) is 135 Å². The highest BCUT2D eigenvalue weighted by Crippen LogP contribution is 2.41. The number of nitrogens with zero attached hydrogens (tertiary/aromatic N) is 3. The number of benzene rings is 4. The molecule has 1 saturated heterocycles. The van der Waals surface area contributed by atoms with Crippen molar-refractivity contribution in [2.24, 2.45) is 0 Å². The third-order valence-electron chi connectivity index (χ3n) is 8.92. The van der Waals surface area contributed by atoms with Gasteiger partial charge in [-0.1, -0.05) is 66.2 Å². The van der Waals surface area contributed by atoms with E-state index < -0.39 is 92.7 Å². The topological polar surface area (TPSA) is 56.3 Å². The normalized spacial score (nSPS) is 20.7. The molecule has 2 aliphatic rings. The average Bonchev–Trinajstić information content (AvgIpc) is 3.21. The maximum absolute atomic E-state index is 15.0. The third-order valence-corrected chi connectivity index (χ3v) is 9.98. The predicted octanol–water partition coefficient (Wildman–Crippen LogP) is 8.73. The van der Waals surface area contributed by atoms with Crippen molar-refractivity contribution in [2.75, 3.05) is 44.7 Å².